The molecule has 2 atom stereocenters. The number of aromatic nitrogens is 7. The van der Waals surface area contributed by atoms with E-state index in [1.54, 1.807) is 19.5 Å². The lowest BCUT2D eigenvalue weighted by molar-refractivity contribution is 0.0989. The first-order valence-electron chi connectivity index (χ1n) is 15.5. The first-order chi connectivity index (χ1) is 21.4. The van der Waals surface area contributed by atoms with Crippen LogP contribution in [0.2, 0.25) is 0 Å². The summed E-state index contributed by atoms with van der Waals surface area (Å²) in [6, 6.07) is 6.88. The van der Waals surface area contributed by atoms with Gasteiger partial charge in [-0.15, -0.1) is 0 Å². The Balaban J connectivity index is 1.28. The van der Waals surface area contributed by atoms with Crippen molar-refractivity contribution in [3.05, 3.63) is 42.5 Å². The highest BCUT2D eigenvalue weighted by atomic mass is 16.5. The molecule has 8 rings (SSSR count). The lowest BCUT2D eigenvalue weighted by atomic mass is 10.1. The van der Waals surface area contributed by atoms with E-state index in [1.165, 1.54) is 0 Å². The van der Waals surface area contributed by atoms with Crippen molar-refractivity contribution < 1.29 is 9.47 Å². The molecule has 2 bridgehead atoms. The second-order valence-corrected chi connectivity index (χ2v) is 12.4. The molecule has 0 aromatic carbocycles. The molecular formula is C32H38N10O2. The summed E-state index contributed by atoms with van der Waals surface area (Å²) in [7, 11) is 3.78. The molecule has 0 radical (unpaired) electrons. The van der Waals surface area contributed by atoms with Crippen molar-refractivity contribution in [1.29, 1.82) is 0 Å². The van der Waals surface area contributed by atoms with Crippen LogP contribution >= 0.6 is 0 Å². The first kappa shape index (κ1) is 27.3. The quantitative estimate of drug-likeness (QED) is 0.290. The molecule has 0 aliphatic carbocycles. The van der Waals surface area contributed by atoms with Crippen LogP contribution in [0.4, 0.5) is 11.8 Å². The standard InChI is InChI=1S/C32H38N10O2/c1-19(2)39-8-10-40(11-9-39)32-37-30-27(38(32)4)14-29(36-31(30)41-17-22-12-21(41)18-44-22)42-26-13-25(35-20(3)23(26)16-34-42)24-15-33-7-6-28(24)43-5/h6-7,13-16,19,21-22H,8-12,17-18H2,1-5H3/t21-,22-/m1/s1. The van der Waals surface area contributed by atoms with Crippen molar-refractivity contribution in [3.8, 4) is 22.8 Å². The number of anilines is 2. The van der Waals surface area contributed by atoms with Crippen LogP contribution in [0.1, 0.15) is 26.0 Å². The summed E-state index contributed by atoms with van der Waals surface area (Å²) in [5, 5.41) is 5.83. The van der Waals surface area contributed by atoms with E-state index in [2.05, 4.69) is 57.3 Å². The van der Waals surface area contributed by atoms with Crippen LogP contribution in [0.15, 0.2) is 36.8 Å². The number of hydrogen-bond donors (Lipinski definition) is 0. The Morgan fingerprint density at radius 3 is 2.59 bits per heavy atom. The molecule has 8 heterocycles. The Morgan fingerprint density at radius 1 is 1.02 bits per heavy atom. The largest absolute Gasteiger partial charge is 0.496 e. The van der Waals surface area contributed by atoms with Gasteiger partial charge in [0, 0.05) is 75.4 Å². The Kier molecular flexibility index (Phi) is 6.45. The smallest absolute Gasteiger partial charge is 0.206 e. The van der Waals surface area contributed by atoms with Gasteiger partial charge in [-0.25, -0.2) is 14.6 Å². The summed E-state index contributed by atoms with van der Waals surface area (Å²) in [6.45, 7) is 12.0. The van der Waals surface area contributed by atoms with E-state index in [0.29, 0.717) is 12.1 Å². The molecular weight excluding hydrogens is 556 g/mol. The van der Waals surface area contributed by atoms with Gasteiger partial charge in [0.1, 0.15) is 11.3 Å². The van der Waals surface area contributed by atoms with Crippen LogP contribution in [0.25, 0.3) is 39.0 Å². The molecule has 3 aliphatic rings. The minimum absolute atomic E-state index is 0.240. The van der Waals surface area contributed by atoms with E-state index >= 15 is 0 Å². The number of rotatable bonds is 6. The van der Waals surface area contributed by atoms with Crippen LogP contribution in [-0.2, 0) is 11.8 Å². The Labute approximate surface area is 256 Å². The number of nitrogens with zero attached hydrogens (tertiary/aromatic N) is 10. The van der Waals surface area contributed by atoms with Crippen LogP contribution in [0.3, 0.4) is 0 Å². The van der Waals surface area contributed by atoms with Crippen LogP contribution in [-0.4, -0.2) is 104 Å². The molecule has 5 aromatic rings. The van der Waals surface area contributed by atoms with Gasteiger partial charge in [-0.3, -0.25) is 14.9 Å². The van der Waals surface area contributed by atoms with Crippen LogP contribution in [0.5, 0.6) is 5.75 Å². The minimum Gasteiger partial charge on any atom is -0.496 e. The summed E-state index contributed by atoms with van der Waals surface area (Å²) >= 11 is 0. The zero-order valence-corrected chi connectivity index (χ0v) is 25.9. The van der Waals surface area contributed by atoms with Gasteiger partial charge < -0.3 is 23.8 Å². The molecule has 228 valence electrons. The average molecular weight is 595 g/mol. The number of aryl methyl sites for hydroxylation is 2. The lowest BCUT2D eigenvalue weighted by Gasteiger charge is -2.37. The zero-order chi connectivity index (χ0) is 30.1. The summed E-state index contributed by atoms with van der Waals surface area (Å²) in [4.78, 5) is 27.1. The monoisotopic (exact) mass is 594 g/mol. The molecule has 0 N–H and O–H groups in total. The van der Waals surface area contributed by atoms with Gasteiger partial charge in [0.25, 0.3) is 0 Å². The second-order valence-electron chi connectivity index (χ2n) is 12.4. The normalized spacial score (nSPS) is 20.6. The Bertz CT molecular complexity index is 1870. The highest BCUT2D eigenvalue weighted by Crippen LogP contribution is 2.38. The second kappa shape index (κ2) is 10.4. The molecule has 12 nitrogen and oxygen atoms in total. The number of methoxy groups -OCH3 is 1. The van der Waals surface area contributed by atoms with Crippen molar-refractivity contribution in [1.82, 2.24) is 39.2 Å². The highest BCUT2D eigenvalue weighted by molar-refractivity contribution is 5.92. The number of imidazole rings is 1. The fourth-order valence-corrected chi connectivity index (χ4v) is 7.08. The van der Waals surface area contributed by atoms with Crippen LogP contribution < -0.4 is 14.5 Å². The topological polar surface area (TPSA) is 102 Å². The van der Waals surface area contributed by atoms with Gasteiger partial charge >= 0.3 is 0 Å². The maximum atomic E-state index is 5.97. The number of morpholine rings is 1. The molecule has 12 heteroatoms. The first-order valence-corrected chi connectivity index (χ1v) is 15.5. The van der Waals surface area contributed by atoms with Gasteiger partial charge in [-0.1, -0.05) is 0 Å². The molecule has 5 aromatic heterocycles. The predicted octanol–water partition coefficient (Wildman–Crippen LogP) is 3.59. The number of fused-ring (bicyclic) bond motifs is 4. The van der Waals surface area contributed by atoms with E-state index in [-0.39, 0.29) is 6.10 Å². The third-order valence-corrected chi connectivity index (χ3v) is 9.57. The molecule has 3 fully saturated rings. The van der Waals surface area contributed by atoms with E-state index < -0.39 is 0 Å². The maximum Gasteiger partial charge on any atom is 0.206 e. The van der Waals surface area contributed by atoms with Gasteiger partial charge in [0.2, 0.25) is 5.95 Å². The lowest BCUT2D eigenvalue weighted by Crippen LogP contribution is -2.49. The third-order valence-electron chi connectivity index (χ3n) is 9.57. The molecule has 0 saturated carbocycles. The van der Waals surface area contributed by atoms with Crippen molar-refractivity contribution in [2.45, 2.75) is 45.4 Å². The minimum atomic E-state index is 0.240. The summed E-state index contributed by atoms with van der Waals surface area (Å²) < 4.78 is 15.8. The van der Waals surface area contributed by atoms with Gasteiger partial charge in [0.15, 0.2) is 11.6 Å². The molecule has 44 heavy (non-hydrogen) atoms. The fourth-order valence-electron chi connectivity index (χ4n) is 7.08. The summed E-state index contributed by atoms with van der Waals surface area (Å²) in [6.07, 6.45) is 6.65. The van der Waals surface area contributed by atoms with Crippen molar-refractivity contribution in [2.24, 2.45) is 7.05 Å². The molecule has 0 amide bonds. The zero-order valence-electron chi connectivity index (χ0n) is 25.9. The summed E-state index contributed by atoms with van der Waals surface area (Å²) in [5.74, 6) is 3.36. The molecule has 3 saturated heterocycles. The van der Waals surface area contributed by atoms with Gasteiger partial charge in [0.05, 0.1) is 54.4 Å². The van der Waals surface area contributed by atoms with E-state index in [9.17, 15) is 0 Å². The van der Waals surface area contributed by atoms with Gasteiger partial charge in [-0.2, -0.15) is 5.10 Å². The van der Waals surface area contributed by atoms with Crippen molar-refractivity contribution in [3.63, 3.8) is 0 Å². The fraction of sp³-hybridized carbons (Fsp3) is 0.469. The number of hydrogen-bond acceptors (Lipinski definition) is 10. The van der Waals surface area contributed by atoms with Crippen molar-refractivity contribution >= 4 is 33.7 Å². The van der Waals surface area contributed by atoms with E-state index in [1.807, 2.05) is 23.9 Å². The molecule has 3 aliphatic heterocycles. The Morgan fingerprint density at radius 2 is 1.86 bits per heavy atom. The number of ether oxygens (including phenoxy) is 2. The SMILES string of the molecule is COc1ccncc1-c1cc2c(cnn2-c2cc3c(nc(N4CCN(C(C)C)CC4)n3C)c(N3C[C@H]4C[C@@H]3CO4)n2)c(C)n1. The summed E-state index contributed by atoms with van der Waals surface area (Å²) in [5.41, 5.74) is 5.39. The van der Waals surface area contributed by atoms with Crippen LogP contribution in [0, 0.1) is 6.92 Å². The van der Waals surface area contributed by atoms with Crippen molar-refractivity contribution in [2.75, 3.05) is 56.2 Å². The average Bonchev–Trinajstić information content (AvgIpc) is 3.84. The van der Waals surface area contributed by atoms with E-state index in [0.717, 1.165) is 108 Å². The van der Waals surface area contributed by atoms with Gasteiger partial charge in [-0.05, 0) is 39.3 Å². The molecule has 0 unspecified atom stereocenters. The number of piperazine rings is 1. The van der Waals surface area contributed by atoms with E-state index in [4.69, 9.17) is 29.5 Å². The molecule has 0 spiro atoms. The third kappa shape index (κ3) is 4.30. The number of pyridine rings is 3. The predicted molar refractivity (Wildman–Crippen MR) is 170 cm³/mol. The highest BCUT2D eigenvalue weighted by Gasteiger charge is 2.41. The maximum absolute atomic E-state index is 5.97. The Hall–Kier alpha value is -4.29.